The van der Waals surface area contributed by atoms with Gasteiger partial charge in [0.1, 0.15) is 0 Å². The van der Waals surface area contributed by atoms with Gasteiger partial charge in [0.25, 0.3) is 0 Å². The lowest BCUT2D eigenvalue weighted by atomic mass is 10.1. The van der Waals surface area contributed by atoms with E-state index in [4.69, 9.17) is 5.73 Å². The molecular weight excluding hydrogens is 321 g/mol. The summed E-state index contributed by atoms with van der Waals surface area (Å²) in [5.41, 5.74) is 3.53. The van der Waals surface area contributed by atoms with E-state index in [1.54, 1.807) is 0 Å². The first-order chi connectivity index (χ1) is 10.1. The summed E-state index contributed by atoms with van der Waals surface area (Å²) in [7, 11) is -4.15. The summed E-state index contributed by atoms with van der Waals surface area (Å²) in [5, 5.41) is 0. The summed E-state index contributed by atoms with van der Waals surface area (Å²) in [6, 6.07) is 4.36. The Balaban J connectivity index is 3.16. The minimum atomic E-state index is -4.67. The number of halogens is 3. The van der Waals surface area contributed by atoms with Crippen LogP contribution in [0.1, 0.15) is 11.1 Å². The SMILES string of the molecule is C=CCN(CC(N)=O)S(=O)(=O)Cc1ccccc1C(F)(F)F. The predicted molar refractivity (Wildman–Crippen MR) is 75.0 cm³/mol. The van der Waals surface area contributed by atoms with Crippen molar-refractivity contribution in [2.24, 2.45) is 5.73 Å². The molecule has 1 aromatic rings. The first-order valence-electron chi connectivity index (χ1n) is 6.10. The van der Waals surface area contributed by atoms with Gasteiger partial charge in [-0.25, -0.2) is 8.42 Å². The van der Waals surface area contributed by atoms with Crippen LogP contribution >= 0.6 is 0 Å². The first kappa shape index (κ1) is 18.2. The Labute approximate surface area is 126 Å². The highest BCUT2D eigenvalue weighted by atomic mass is 32.2. The third-order valence-corrected chi connectivity index (χ3v) is 4.46. The molecule has 22 heavy (non-hydrogen) atoms. The lowest BCUT2D eigenvalue weighted by Gasteiger charge is -2.20. The van der Waals surface area contributed by atoms with Crippen LogP contribution in [-0.4, -0.2) is 31.7 Å². The standard InChI is InChI=1S/C13H15F3N2O3S/c1-2-7-18(8-12(17)19)22(20,21)9-10-5-3-4-6-11(10)13(14,15)16/h2-6H,1,7-9H2,(H2,17,19). The van der Waals surface area contributed by atoms with Gasteiger partial charge in [-0.1, -0.05) is 24.3 Å². The molecule has 1 amide bonds. The van der Waals surface area contributed by atoms with Crippen molar-refractivity contribution < 1.29 is 26.4 Å². The number of rotatable bonds is 7. The topological polar surface area (TPSA) is 80.5 Å². The fourth-order valence-corrected chi connectivity index (χ4v) is 3.29. The Hall–Kier alpha value is -1.87. The van der Waals surface area contributed by atoms with Crippen molar-refractivity contribution in [1.82, 2.24) is 4.31 Å². The summed E-state index contributed by atoms with van der Waals surface area (Å²) < 4.78 is 63.8. The number of hydrogen-bond acceptors (Lipinski definition) is 3. The average molecular weight is 336 g/mol. The van der Waals surface area contributed by atoms with Crippen LogP contribution in [0, 0.1) is 0 Å². The van der Waals surface area contributed by atoms with E-state index in [9.17, 15) is 26.4 Å². The van der Waals surface area contributed by atoms with E-state index in [1.165, 1.54) is 18.2 Å². The van der Waals surface area contributed by atoms with E-state index in [2.05, 4.69) is 6.58 Å². The maximum atomic E-state index is 12.9. The smallest absolute Gasteiger partial charge is 0.369 e. The van der Waals surface area contributed by atoms with Crippen LogP contribution in [0.3, 0.4) is 0 Å². The monoisotopic (exact) mass is 336 g/mol. The van der Waals surface area contributed by atoms with Crippen LogP contribution in [0.2, 0.25) is 0 Å². The molecule has 9 heteroatoms. The predicted octanol–water partition coefficient (Wildman–Crippen LogP) is 1.51. The van der Waals surface area contributed by atoms with Gasteiger partial charge in [-0.3, -0.25) is 4.79 Å². The second kappa shape index (κ2) is 6.93. The number of benzene rings is 1. The number of sulfonamides is 1. The van der Waals surface area contributed by atoms with Crippen LogP contribution in [0.15, 0.2) is 36.9 Å². The molecule has 122 valence electrons. The maximum Gasteiger partial charge on any atom is 0.416 e. The number of alkyl halides is 3. The molecule has 0 spiro atoms. The van der Waals surface area contributed by atoms with Crippen molar-refractivity contribution in [3.63, 3.8) is 0 Å². The molecule has 0 atom stereocenters. The summed E-state index contributed by atoms with van der Waals surface area (Å²) in [6.45, 7) is 2.50. The number of amides is 1. The summed E-state index contributed by atoms with van der Waals surface area (Å²) in [5.74, 6) is -1.79. The molecule has 0 heterocycles. The summed E-state index contributed by atoms with van der Waals surface area (Å²) >= 11 is 0. The Kier molecular flexibility index (Phi) is 5.72. The Morgan fingerprint density at radius 1 is 1.32 bits per heavy atom. The molecule has 1 rings (SSSR count). The van der Waals surface area contributed by atoms with Crippen LogP contribution in [0.4, 0.5) is 13.2 Å². The van der Waals surface area contributed by atoms with Gasteiger partial charge in [-0.2, -0.15) is 17.5 Å². The molecule has 0 radical (unpaired) electrons. The van der Waals surface area contributed by atoms with Gasteiger partial charge in [0, 0.05) is 6.54 Å². The van der Waals surface area contributed by atoms with E-state index in [0.29, 0.717) is 4.31 Å². The molecule has 0 unspecified atom stereocenters. The number of nitrogens with two attached hydrogens (primary N) is 1. The normalized spacial score (nSPS) is 12.4. The molecule has 0 aliphatic heterocycles. The van der Waals surface area contributed by atoms with Crippen LogP contribution in [0.5, 0.6) is 0 Å². The Morgan fingerprint density at radius 3 is 2.41 bits per heavy atom. The van der Waals surface area contributed by atoms with Crippen LogP contribution in [-0.2, 0) is 26.7 Å². The van der Waals surface area contributed by atoms with Crippen molar-refractivity contribution in [1.29, 1.82) is 0 Å². The van der Waals surface area contributed by atoms with Gasteiger partial charge in [0.2, 0.25) is 15.9 Å². The van der Waals surface area contributed by atoms with E-state index in [1.807, 2.05) is 0 Å². The lowest BCUT2D eigenvalue weighted by Crippen LogP contribution is -2.39. The van der Waals surface area contributed by atoms with Crippen molar-refractivity contribution in [3.05, 3.63) is 48.0 Å². The van der Waals surface area contributed by atoms with Gasteiger partial charge < -0.3 is 5.73 Å². The van der Waals surface area contributed by atoms with Gasteiger partial charge in [0.05, 0.1) is 17.9 Å². The van der Waals surface area contributed by atoms with E-state index in [0.717, 1.165) is 12.1 Å². The van der Waals surface area contributed by atoms with Crippen LogP contribution < -0.4 is 5.73 Å². The minimum Gasteiger partial charge on any atom is -0.369 e. The average Bonchev–Trinajstić information content (AvgIpc) is 2.36. The third kappa shape index (κ3) is 4.85. The third-order valence-electron chi connectivity index (χ3n) is 2.72. The minimum absolute atomic E-state index is 0.223. The molecule has 0 bridgehead atoms. The van der Waals surface area contributed by atoms with E-state index < -0.39 is 45.5 Å². The zero-order chi connectivity index (χ0) is 17.0. The molecule has 0 aliphatic rings. The summed E-state index contributed by atoms with van der Waals surface area (Å²) in [6.07, 6.45) is -3.45. The van der Waals surface area contributed by atoms with Crippen molar-refractivity contribution in [3.8, 4) is 0 Å². The zero-order valence-corrected chi connectivity index (χ0v) is 12.3. The lowest BCUT2D eigenvalue weighted by molar-refractivity contribution is -0.138. The Morgan fingerprint density at radius 2 is 1.91 bits per heavy atom. The van der Waals surface area contributed by atoms with Crippen LogP contribution in [0.25, 0.3) is 0 Å². The van der Waals surface area contributed by atoms with Crippen molar-refractivity contribution >= 4 is 15.9 Å². The van der Waals surface area contributed by atoms with E-state index in [-0.39, 0.29) is 6.54 Å². The van der Waals surface area contributed by atoms with Crippen molar-refractivity contribution in [2.45, 2.75) is 11.9 Å². The first-order valence-corrected chi connectivity index (χ1v) is 7.71. The largest absolute Gasteiger partial charge is 0.416 e. The highest BCUT2D eigenvalue weighted by Gasteiger charge is 2.35. The molecule has 0 aromatic heterocycles. The second-order valence-corrected chi connectivity index (χ2v) is 6.43. The fourth-order valence-electron chi connectivity index (χ4n) is 1.80. The number of carbonyl (C=O) groups excluding carboxylic acids is 1. The molecule has 0 fully saturated rings. The van der Waals surface area contributed by atoms with E-state index >= 15 is 0 Å². The molecule has 5 nitrogen and oxygen atoms in total. The number of primary amides is 1. The molecule has 1 aromatic carbocycles. The van der Waals surface area contributed by atoms with Gasteiger partial charge in [0.15, 0.2) is 0 Å². The quantitative estimate of drug-likeness (QED) is 0.767. The highest BCUT2D eigenvalue weighted by Crippen LogP contribution is 2.32. The molecular formula is C13H15F3N2O3S. The molecule has 0 saturated carbocycles. The number of carbonyl (C=O) groups is 1. The molecule has 2 N–H and O–H groups in total. The second-order valence-electron chi connectivity index (χ2n) is 4.46. The Bertz CT molecular complexity index is 657. The summed E-state index contributed by atoms with van der Waals surface area (Å²) in [4.78, 5) is 10.9. The highest BCUT2D eigenvalue weighted by molar-refractivity contribution is 7.88. The van der Waals surface area contributed by atoms with Gasteiger partial charge >= 0.3 is 6.18 Å². The van der Waals surface area contributed by atoms with Crippen molar-refractivity contribution in [2.75, 3.05) is 13.1 Å². The van der Waals surface area contributed by atoms with Gasteiger partial charge in [-0.15, -0.1) is 6.58 Å². The fraction of sp³-hybridized carbons (Fsp3) is 0.308. The zero-order valence-electron chi connectivity index (χ0n) is 11.5. The number of nitrogens with zero attached hydrogens (tertiary/aromatic N) is 1. The number of hydrogen-bond donors (Lipinski definition) is 1. The molecule has 0 saturated heterocycles. The molecule has 0 aliphatic carbocycles. The van der Waals surface area contributed by atoms with Gasteiger partial charge in [-0.05, 0) is 11.6 Å². The maximum absolute atomic E-state index is 12.9.